The number of carbonyl (C=O) groups is 2. The molecule has 0 unspecified atom stereocenters. The molecule has 0 fully saturated rings. The van der Waals surface area contributed by atoms with Crippen LogP contribution in [-0.2, 0) is 17.8 Å². The molecule has 4 rings (SSSR count). The molecule has 0 aliphatic heterocycles. The molecule has 142 valence electrons. The van der Waals surface area contributed by atoms with E-state index in [1.807, 2.05) is 17.5 Å². The van der Waals surface area contributed by atoms with E-state index >= 15 is 0 Å². The van der Waals surface area contributed by atoms with Gasteiger partial charge in [-0.1, -0.05) is 18.2 Å². The highest BCUT2D eigenvalue weighted by molar-refractivity contribution is 7.18. The molecule has 3 aromatic heterocycles. The molecule has 2 amide bonds. The number of fused-ring (bicyclic) bond motifs is 1. The quantitative estimate of drug-likeness (QED) is 0.447. The van der Waals surface area contributed by atoms with Crippen LogP contribution in [0, 0.1) is 5.82 Å². The van der Waals surface area contributed by atoms with Crippen LogP contribution in [0.15, 0.2) is 47.8 Å². The topological polar surface area (TPSA) is 86.9 Å². The summed E-state index contributed by atoms with van der Waals surface area (Å²) in [4.78, 5) is 26.6. The van der Waals surface area contributed by atoms with Gasteiger partial charge in [-0.05, 0) is 35.2 Å². The lowest BCUT2D eigenvalue weighted by Crippen LogP contribution is -2.24. The number of carbonyl (C=O) groups excluding carboxylic acids is 2. The molecule has 0 atom stereocenters. The molecule has 3 N–H and O–H groups in total. The largest absolute Gasteiger partial charge is 0.352 e. The van der Waals surface area contributed by atoms with Crippen LogP contribution < -0.4 is 10.6 Å². The highest BCUT2D eigenvalue weighted by Gasteiger charge is 2.15. The van der Waals surface area contributed by atoms with Gasteiger partial charge in [0.25, 0.3) is 5.91 Å². The van der Waals surface area contributed by atoms with Crippen LogP contribution in [-0.4, -0.2) is 22.0 Å². The van der Waals surface area contributed by atoms with Crippen LogP contribution in [0.1, 0.15) is 20.1 Å². The second-order valence-electron chi connectivity index (χ2n) is 6.04. The normalized spacial score (nSPS) is 10.9. The minimum Gasteiger partial charge on any atom is -0.352 e. The molecule has 0 bridgehead atoms. The number of halogens is 1. The second kappa shape index (κ2) is 7.91. The standard InChI is InChI=1S/C19H15FN4O2S2/c20-12-4-1-3-11(7-12)10-21-16(25)9-13-8-14-17(23-24-19(14)28-13)22-18(26)15-5-2-6-27-15/h1-8H,9-10H2,(H,21,25)(H2,22,23,24,26). The Morgan fingerprint density at radius 1 is 1.18 bits per heavy atom. The number of benzene rings is 1. The van der Waals surface area contributed by atoms with Crippen molar-refractivity contribution in [3.05, 3.63) is 69.0 Å². The molecule has 0 saturated heterocycles. The van der Waals surface area contributed by atoms with Crippen molar-refractivity contribution >= 4 is 50.5 Å². The average molecular weight is 414 g/mol. The van der Waals surface area contributed by atoms with Crippen LogP contribution in [0.5, 0.6) is 0 Å². The van der Waals surface area contributed by atoms with Crippen molar-refractivity contribution in [1.82, 2.24) is 15.5 Å². The Balaban J connectivity index is 1.40. The Labute approximate surface area is 167 Å². The van der Waals surface area contributed by atoms with Crippen molar-refractivity contribution in [3.8, 4) is 0 Å². The Bertz CT molecular complexity index is 1130. The van der Waals surface area contributed by atoms with Crippen molar-refractivity contribution < 1.29 is 14.0 Å². The number of hydrogen-bond acceptors (Lipinski definition) is 5. The molecule has 1 aromatic carbocycles. The summed E-state index contributed by atoms with van der Waals surface area (Å²) in [5.74, 6) is -0.193. The number of amides is 2. The van der Waals surface area contributed by atoms with Gasteiger partial charge >= 0.3 is 0 Å². The minimum atomic E-state index is -0.330. The number of thiophene rings is 2. The summed E-state index contributed by atoms with van der Waals surface area (Å²) in [6, 6.07) is 11.5. The number of nitrogens with zero attached hydrogens (tertiary/aromatic N) is 1. The number of aromatic amines is 1. The average Bonchev–Trinajstić information content (AvgIpc) is 3.39. The summed E-state index contributed by atoms with van der Waals surface area (Å²) in [5.41, 5.74) is 0.702. The number of H-pyrrole nitrogens is 1. The molecule has 0 aliphatic carbocycles. The Morgan fingerprint density at radius 2 is 2.07 bits per heavy atom. The first-order valence-electron chi connectivity index (χ1n) is 8.41. The fourth-order valence-corrected chi connectivity index (χ4v) is 4.30. The summed E-state index contributed by atoms with van der Waals surface area (Å²) in [6.07, 6.45) is 0.189. The third kappa shape index (κ3) is 4.10. The van der Waals surface area contributed by atoms with Crippen molar-refractivity contribution in [1.29, 1.82) is 0 Å². The van der Waals surface area contributed by atoms with Gasteiger partial charge in [0.15, 0.2) is 0 Å². The minimum absolute atomic E-state index is 0.165. The van der Waals surface area contributed by atoms with Gasteiger partial charge in [0.05, 0.1) is 16.7 Å². The van der Waals surface area contributed by atoms with Crippen LogP contribution in [0.25, 0.3) is 10.2 Å². The Hall–Kier alpha value is -3.04. The smallest absolute Gasteiger partial charge is 0.266 e. The number of rotatable bonds is 6. The summed E-state index contributed by atoms with van der Waals surface area (Å²) < 4.78 is 13.2. The van der Waals surface area contributed by atoms with E-state index < -0.39 is 0 Å². The van der Waals surface area contributed by atoms with Gasteiger partial charge in [0.2, 0.25) is 5.91 Å². The van der Waals surface area contributed by atoms with Gasteiger partial charge in [0, 0.05) is 11.4 Å². The maximum atomic E-state index is 13.2. The van der Waals surface area contributed by atoms with Gasteiger partial charge in [-0.3, -0.25) is 14.7 Å². The first-order chi connectivity index (χ1) is 13.6. The lowest BCUT2D eigenvalue weighted by Gasteiger charge is -2.04. The van der Waals surface area contributed by atoms with Crippen molar-refractivity contribution in [3.63, 3.8) is 0 Å². The van der Waals surface area contributed by atoms with Gasteiger partial charge in [-0.15, -0.1) is 22.7 Å². The molecular formula is C19H15FN4O2S2. The third-order valence-electron chi connectivity index (χ3n) is 4.00. The SMILES string of the molecule is O=C(Cc1cc2c(NC(=O)c3cccs3)[nH]nc2s1)NCc1cccc(F)c1. The Kier molecular flexibility index (Phi) is 5.18. The maximum Gasteiger partial charge on any atom is 0.266 e. The summed E-state index contributed by atoms with van der Waals surface area (Å²) in [7, 11) is 0. The molecule has 0 saturated carbocycles. The highest BCUT2D eigenvalue weighted by Crippen LogP contribution is 2.30. The number of anilines is 1. The molecule has 0 aliphatic rings. The van der Waals surface area contributed by atoms with E-state index in [1.54, 1.807) is 18.2 Å². The fraction of sp³-hybridized carbons (Fsp3) is 0.105. The zero-order chi connectivity index (χ0) is 19.5. The highest BCUT2D eigenvalue weighted by atomic mass is 32.1. The fourth-order valence-electron chi connectivity index (χ4n) is 2.69. The lowest BCUT2D eigenvalue weighted by atomic mass is 10.2. The van der Waals surface area contributed by atoms with E-state index in [9.17, 15) is 14.0 Å². The van der Waals surface area contributed by atoms with Gasteiger partial charge < -0.3 is 10.6 Å². The molecular weight excluding hydrogens is 399 g/mol. The summed E-state index contributed by atoms with van der Waals surface area (Å²) >= 11 is 2.74. The molecule has 0 spiro atoms. The monoisotopic (exact) mass is 414 g/mol. The summed E-state index contributed by atoms with van der Waals surface area (Å²) in [5, 5.41) is 15.2. The zero-order valence-corrected chi connectivity index (χ0v) is 16.1. The first kappa shape index (κ1) is 18.3. The molecule has 6 nitrogen and oxygen atoms in total. The van der Waals surface area contributed by atoms with Gasteiger partial charge in [0.1, 0.15) is 16.5 Å². The molecule has 0 radical (unpaired) electrons. The molecule has 28 heavy (non-hydrogen) atoms. The van der Waals surface area contributed by atoms with Crippen molar-refractivity contribution in [2.24, 2.45) is 0 Å². The zero-order valence-electron chi connectivity index (χ0n) is 14.5. The van der Waals surface area contributed by atoms with Crippen molar-refractivity contribution in [2.75, 3.05) is 5.32 Å². The molecule has 4 aromatic rings. The second-order valence-corrected chi connectivity index (χ2v) is 8.11. The Morgan fingerprint density at radius 3 is 2.86 bits per heavy atom. The molecule has 3 heterocycles. The first-order valence-corrected chi connectivity index (χ1v) is 10.1. The van der Waals surface area contributed by atoms with Crippen LogP contribution >= 0.6 is 22.7 Å². The van der Waals surface area contributed by atoms with E-state index in [4.69, 9.17) is 0 Å². The third-order valence-corrected chi connectivity index (χ3v) is 5.90. The van der Waals surface area contributed by atoms with E-state index in [2.05, 4.69) is 20.8 Å². The number of nitrogens with one attached hydrogen (secondary N) is 3. The lowest BCUT2D eigenvalue weighted by molar-refractivity contribution is -0.120. The maximum absolute atomic E-state index is 13.2. The number of hydrogen-bond donors (Lipinski definition) is 3. The predicted octanol–water partition coefficient (Wildman–Crippen LogP) is 3.94. The van der Waals surface area contributed by atoms with E-state index in [0.29, 0.717) is 16.3 Å². The predicted molar refractivity (Wildman–Crippen MR) is 108 cm³/mol. The van der Waals surface area contributed by atoms with E-state index in [-0.39, 0.29) is 30.6 Å². The summed E-state index contributed by atoms with van der Waals surface area (Å²) in [6.45, 7) is 0.266. The van der Waals surface area contributed by atoms with Gasteiger partial charge in [-0.2, -0.15) is 5.10 Å². The van der Waals surface area contributed by atoms with Crippen LogP contribution in [0.3, 0.4) is 0 Å². The van der Waals surface area contributed by atoms with Crippen LogP contribution in [0.4, 0.5) is 10.2 Å². The van der Waals surface area contributed by atoms with E-state index in [1.165, 1.54) is 34.8 Å². The van der Waals surface area contributed by atoms with E-state index in [0.717, 1.165) is 15.1 Å². The van der Waals surface area contributed by atoms with Crippen molar-refractivity contribution in [2.45, 2.75) is 13.0 Å². The molecule has 9 heteroatoms. The van der Waals surface area contributed by atoms with Crippen LogP contribution in [0.2, 0.25) is 0 Å². The number of aromatic nitrogens is 2. The van der Waals surface area contributed by atoms with Gasteiger partial charge in [-0.25, -0.2) is 4.39 Å².